The van der Waals surface area contributed by atoms with Gasteiger partial charge in [-0.25, -0.2) is 4.98 Å². The van der Waals surface area contributed by atoms with E-state index in [0.29, 0.717) is 14.1 Å². The molecule has 2 rings (SSSR count). The molecule has 0 aliphatic carbocycles. The third kappa shape index (κ3) is 3.01. The lowest BCUT2D eigenvalue weighted by Gasteiger charge is -2.29. The molecular formula is C11H15IN2OS2. The van der Waals surface area contributed by atoms with Crippen molar-refractivity contribution in [3.8, 4) is 0 Å². The van der Waals surface area contributed by atoms with Crippen LogP contribution in [0, 0.1) is 10.5 Å². The lowest BCUT2D eigenvalue weighted by molar-refractivity contribution is 0.738. The second-order valence-electron chi connectivity index (χ2n) is 3.96. The molecule has 0 spiro atoms. The second-order valence-corrected chi connectivity index (χ2v) is 7.63. The van der Waals surface area contributed by atoms with Crippen LogP contribution in [0.1, 0.15) is 30.1 Å². The molecule has 0 aromatic carbocycles. The third-order valence-electron chi connectivity index (χ3n) is 2.77. The highest BCUT2D eigenvalue weighted by Gasteiger charge is 2.28. The molecule has 1 aromatic heterocycles. The van der Waals surface area contributed by atoms with E-state index in [2.05, 4.69) is 39.5 Å². The fourth-order valence-electron chi connectivity index (χ4n) is 1.88. The third-order valence-corrected chi connectivity index (χ3v) is 7.29. The van der Waals surface area contributed by atoms with Gasteiger partial charge in [0.05, 0.1) is 14.5 Å². The van der Waals surface area contributed by atoms with Crippen LogP contribution in [0.3, 0.4) is 0 Å². The zero-order valence-corrected chi connectivity index (χ0v) is 13.6. The molecule has 1 N–H and O–H groups in total. The highest BCUT2D eigenvalue weighted by atomic mass is 127. The molecule has 2 unspecified atom stereocenters. The molecule has 2 atom stereocenters. The van der Waals surface area contributed by atoms with E-state index in [1.165, 1.54) is 5.75 Å². The molecule has 17 heavy (non-hydrogen) atoms. The number of H-pyrrole nitrogens is 1. The van der Waals surface area contributed by atoms with Crippen LogP contribution in [-0.2, 0) is 0 Å². The summed E-state index contributed by atoms with van der Waals surface area (Å²) in [6.07, 6.45) is 1.12. The molecule has 3 nitrogen and oxygen atoms in total. The van der Waals surface area contributed by atoms with E-state index >= 15 is 0 Å². The summed E-state index contributed by atoms with van der Waals surface area (Å²) in [6, 6.07) is 0. The summed E-state index contributed by atoms with van der Waals surface area (Å²) in [7, 11) is 0. The number of halogens is 1. The Labute approximate surface area is 123 Å². The lowest BCUT2D eigenvalue weighted by Crippen LogP contribution is -2.25. The SMILES string of the molecule is CCC1SCCSC1c1nc(C)c(I)c(=O)[nH]1. The van der Waals surface area contributed by atoms with Crippen LogP contribution in [0.15, 0.2) is 4.79 Å². The molecular weight excluding hydrogens is 367 g/mol. The van der Waals surface area contributed by atoms with Crippen molar-refractivity contribution in [2.24, 2.45) is 0 Å². The van der Waals surface area contributed by atoms with Crippen molar-refractivity contribution in [1.82, 2.24) is 9.97 Å². The molecule has 0 bridgehead atoms. The first-order valence-electron chi connectivity index (χ1n) is 5.63. The summed E-state index contributed by atoms with van der Waals surface area (Å²) < 4.78 is 0.702. The van der Waals surface area contributed by atoms with Crippen LogP contribution < -0.4 is 5.56 Å². The van der Waals surface area contributed by atoms with Crippen molar-refractivity contribution < 1.29 is 0 Å². The normalized spacial score (nSPS) is 24.9. The van der Waals surface area contributed by atoms with E-state index in [0.717, 1.165) is 23.7 Å². The lowest BCUT2D eigenvalue weighted by atomic mass is 10.2. The monoisotopic (exact) mass is 382 g/mol. The zero-order valence-electron chi connectivity index (χ0n) is 9.83. The number of thioether (sulfide) groups is 2. The van der Waals surface area contributed by atoms with E-state index in [9.17, 15) is 4.79 Å². The molecule has 1 aliphatic rings. The smallest absolute Gasteiger partial charge is 0.264 e. The Hall–Kier alpha value is 0.310. The van der Waals surface area contributed by atoms with E-state index in [4.69, 9.17) is 0 Å². The van der Waals surface area contributed by atoms with Crippen molar-refractivity contribution in [3.05, 3.63) is 25.4 Å². The molecule has 0 amide bonds. The minimum atomic E-state index is -0.000809. The molecule has 2 heterocycles. The first-order valence-corrected chi connectivity index (χ1v) is 8.80. The maximum absolute atomic E-state index is 11.8. The summed E-state index contributed by atoms with van der Waals surface area (Å²) in [4.78, 5) is 19.3. The Bertz CT molecular complexity index is 463. The maximum atomic E-state index is 11.8. The van der Waals surface area contributed by atoms with Gasteiger partial charge in [-0.1, -0.05) is 6.92 Å². The Morgan fingerprint density at radius 1 is 1.47 bits per heavy atom. The maximum Gasteiger partial charge on any atom is 0.264 e. The Morgan fingerprint density at radius 3 is 2.82 bits per heavy atom. The molecule has 1 saturated heterocycles. The molecule has 1 aromatic rings. The number of hydrogen-bond donors (Lipinski definition) is 1. The first-order chi connectivity index (χ1) is 8.13. The van der Waals surface area contributed by atoms with Gasteiger partial charge in [-0.15, -0.1) is 11.8 Å². The van der Waals surface area contributed by atoms with Crippen LogP contribution in [0.25, 0.3) is 0 Å². The van der Waals surface area contributed by atoms with Crippen molar-refractivity contribution >= 4 is 46.1 Å². The molecule has 1 aliphatic heterocycles. The second kappa shape index (κ2) is 5.97. The number of aryl methyl sites for hydroxylation is 1. The van der Waals surface area contributed by atoms with Gasteiger partial charge in [-0.05, 0) is 35.9 Å². The Kier molecular flexibility index (Phi) is 4.82. The van der Waals surface area contributed by atoms with Crippen LogP contribution in [0.4, 0.5) is 0 Å². The highest BCUT2D eigenvalue weighted by Crippen LogP contribution is 2.42. The number of aromatic nitrogens is 2. The summed E-state index contributed by atoms with van der Waals surface area (Å²) in [5.41, 5.74) is 0.842. The predicted octanol–water partition coefficient (Wildman–Crippen LogP) is 2.98. The van der Waals surface area contributed by atoms with Gasteiger partial charge in [0.15, 0.2) is 0 Å². The van der Waals surface area contributed by atoms with Gasteiger partial charge in [-0.2, -0.15) is 11.8 Å². The van der Waals surface area contributed by atoms with Crippen molar-refractivity contribution in [3.63, 3.8) is 0 Å². The largest absolute Gasteiger partial charge is 0.309 e. The van der Waals surface area contributed by atoms with Crippen molar-refractivity contribution in [2.45, 2.75) is 30.8 Å². The van der Waals surface area contributed by atoms with Crippen molar-refractivity contribution in [1.29, 1.82) is 0 Å². The molecule has 94 valence electrons. The minimum Gasteiger partial charge on any atom is -0.309 e. The van der Waals surface area contributed by atoms with Gasteiger partial charge < -0.3 is 4.98 Å². The van der Waals surface area contributed by atoms with Gasteiger partial charge in [0.25, 0.3) is 5.56 Å². The average molecular weight is 382 g/mol. The highest BCUT2D eigenvalue weighted by molar-refractivity contribution is 14.1. The van der Waals surface area contributed by atoms with Crippen molar-refractivity contribution in [2.75, 3.05) is 11.5 Å². The predicted molar refractivity (Wildman–Crippen MR) is 84.0 cm³/mol. The molecule has 0 radical (unpaired) electrons. The van der Waals surface area contributed by atoms with Gasteiger partial charge in [-0.3, -0.25) is 4.79 Å². The molecule has 0 saturated carbocycles. The summed E-state index contributed by atoms with van der Waals surface area (Å²) in [5, 5.41) is 0.901. The van der Waals surface area contributed by atoms with Gasteiger partial charge in [0, 0.05) is 16.8 Å². The quantitative estimate of drug-likeness (QED) is 0.799. The summed E-state index contributed by atoms with van der Waals surface area (Å²) >= 11 is 5.97. The molecule has 6 heteroatoms. The van der Waals surface area contributed by atoms with E-state index in [1.54, 1.807) is 0 Å². The van der Waals surface area contributed by atoms with Gasteiger partial charge >= 0.3 is 0 Å². The van der Waals surface area contributed by atoms with Gasteiger partial charge in [0.1, 0.15) is 5.82 Å². The fourth-order valence-corrected chi connectivity index (χ4v) is 5.15. The summed E-state index contributed by atoms with van der Waals surface area (Å²) in [5.74, 6) is 3.20. The fraction of sp³-hybridized carbons (Fsp3) is 0.636. The first kappa shape index (κ1) is 13.7. The zero-order chi connectivity index (χ0) is 12.4. The number of nitrogens with zero attached hydrogens (tertiary/aromatic N) is 1. The van der Waals surface area contributed by atoms with E-state index in [1.807, 2.05) is 30.4 Å². The standard InChI is InChI=1S/C11H15IN2OS2/c1-3-7-9(17-5-4-16-7)10-13-6(2)8(12)11(15)14-10/h7,9H,3-5H2,1-2H3,(H,13,14,15). The van der Waals surface area contributed by atoms with Crippen LogP contribution in [0.5, 0.6) is 0 Å². The number of aromatic amines is 1. The number of nitrogens with one attached hydrogen (secondary N) is 1. The van der Waals surface area contributed by atoms with Crippen LogP contribution in [-0.4, -0.2) is 26.7 Å². The average Bonchev–Trinajstić information content (AvgIpc) is 2.35. The van der Waals surface area contributed by atoms with Crippen LogP contribution in [0.2, 0.25) is 0 Å². The van der Waals surface area contributed by atoms with E-state index in [-0.39, 0.29) is 5.56 Å². The minimum absolute atomic E-state index is 0.000809. The molecule has 1 fully saturated rings. The summed E-state index contributed by atoms with van der Waals surface area (Å²) in [6.45, 7) is 4.11. The Morgan fingerprint density at radius 2 is 2.18 bits per heavy atom. The topological polar surface area (TPSA) is 45.8 Å². The number of rotatable bonds is 2. The number of hydrogen-bond acceptors (Lipinski definition) is 4. The Balaban J connectivity index is 2.35. The van der Waals surface area contributed by atoms with E-state index < -0.39 is 0 Å². The van der Waals surface area contributed by atoms with Crippen LogP contribution >= 0.6 is 46.1 Å². The van der Waals surface area contributed by atoms with Gasteiger partial charge in [0.2, 0.25) is 0 Å².